The first-order chi connectivity index (χ1) is 8.63. The fourth-order valence-electron chi connectivity index (χ4n) is 2.69. The van der Waals surface area contributed by atoms with Crippen LogP contribution in [0, 0.1) is 17.7 Å². The number of hydrogen-bond acceptors (Lipinski definition) is 2. The molecule has 2 rings (SSSR count). The summed E-state index contributed by atoms with van der Waals surface area (Å²) in [5.74, 6) is 1.25. The summed E-state index contributed by atoms with van der Waals surface area (Å²) in [6, 6.07) is 4.21. The first-order valence-corrected chi connectivity index (χ1v) is 6.82. The van der Waals surface area contributed by atoms with Crippen LogP contribution in [0.4, 0.5) is 4.39 Å². The molecule has 0 atom stereocenters. The van der Waals surface area contributed by atoms with Gasteiger partial charge in [-0.1, -0.05) is 19.8 Å². The van der Waals surface area contributed by atoms with E-state index in [0.29, 0.717) is 6.54 Å². The zero-order chi connectivity index (χ0) is 13.0. The summed E-state index contributed by atoms with van der Waals surface area (Å²) in [4.78, 5) is 0. The molecule has 1 aliphatic rings. The minimum absolute atomic E-state index is 0.00158. The molecule has 2 N–H and O–H groups in total. The lowest BCUT2D eigenvalue weighted by atomic mass is 9.83. The summed E-state index contributed by atoms with van der Waals surface area (Å²) < 4.78 is 13.1. The van der Waals surface area contributed by atoms with Gasteiger partial charge in [0.15, 0.2) is 0 Å². The highest BCUT2D eigenvalue weighted by Gasteiger charge is 2.17. The first kappa shape index (κ1) is 13.3. The molecule has 2 nitrogen and oxygen atoms in total. The fourth-order valence-corrected chi connectivity index (χ4v) is 2.69. The summed E-state index contributed by atoms with van der Waals surface area (Å²) in [5, 5.41) is 12.7. The average molecular weight is 251 g/mol. The third-order valence-electron chi connectivity index (χ3n) is 3.84. The Labute approximate surface area is 108 Å². The Morgan fingerprint density at radius 3 is 2.61 bits per heavy atom. The van der Waals surface area contributed by atoms with Crippen LogP contribution in [-0.4, -0.2) is 11.7 Å². The van der Waals surface area contributed by atoms with Gasteiger partial charge in [-0.3, -0.25) is 0 Å². The van der Waals surface area contributed by atoms with Gasteiger partial charge in [0.1, 0.15) is 11.6 Å². The molecule has 1 saturated carbocycles. The molecule has 0 bridgehead atoms. The van der Waals surface area contributed by atoms with Gasteiger partial charge in [0, 0.05) is 12.6 Å². The van der Waals surface area contributed by atoms with E-state index in [-0.39, 0.29) is 11.6 Å². The maximum Gasteiger partial charge on any atom is 0.127 e. The second-order valence-electron chi connectivity index (χ2n) is 5.57. The molecule has 0 aromatic heterocycles. The number of aromatic hydroxyl groups is 1. The van der Waals surface area contributed by atoms with E-state index in [1.54, 1.807) is 6.07 Å². The summed E-state index contributed by atoms with van der Waals surface area (Å²) in [7, 11) is 0. The molecule has 0 radical (unpaired) electrons. The van der Waals surface area contributed by atoms with Crippen molar-refractivity contribution >= 4 is 0 Å². The van der Waals surface area contributed by atoms with E-state index in [9.17, 15) is 9.50 Å². The third-order valence-corrected chi connectivity index (χ3v) is 3.84. The van der Waals surface area contributed by atoms with Gasteiger partial charge in [0.05, 0.1) is 0 Å². The largest absolute Gasteiger partial charge is 0.508 e. The first-order valence-electron chi connectivity index (χ1n) is 6.82. The van der Waals surface area contributed by atoms with E-state index in [1.165, 1.54) is 31.7 Å². The van der Waals surface area contributed by atoms with Crippen molar-refractivity contribution in [1.82, 2.24) is 5.32 Å². The fraction of sp³-hybridized carbons (Fsp3) is 0.600. The lowest BCUT2D eigenvalue weighted by Crippen LogP contribution is -2.25. The topological polar surface area (TPSA) is 32.3 Å². The zero-order valence-electron chi connectivity index (χ0n) is 11.0. The summed E-state index contributed by atoms with van der Waals surface area (Å²) >= 11 is 0. The molecule has 1 aromatic rings. The van der Waals surface area contributed by atoms with Crippen LogP contribution in [-0.2, 0) is 6.54 Å². The van der Waals surface area contributed by atoms with Crippen molar-refractivity contribution in [2.24, 2.45) is 11.8 Å². The highest BCUT2D eigenvalue weighted by Crippen LogP contribution is 2.27. The van der Waals surface area contributed by atoms with E-state index in [2.05, 4.69) is 12.2 Å². The molecule has 0 amide bonds. The highest BCUT2D eigenvalue weighted by molar-refractivity contribution is 5.28. The minimum Gasteiger partial charge on any atom is -0.508 e. The number of nitrogens with one attached hydrogen (secondary N) is 1. The molecule has 1 aromatic carbocycles. The number of benzene rings is 1. The quantitative estimate of drug-likeness (QED) is 0.859. The lowest BCUT2D eigenvalue weighted by Gasteiger charge is -2.26. The Morgan fingerprint density at radius 2 is 1.94 bits per heavy atom. The lowest BCUT2D eigenvalue weighted by molar-refractivity contribution is 0.281. The van der Waals surface area contributed by atoms with Crippen LogP contribution in [0.25, 0.3) is 0 Å². The Bertz CT molecular complexity index is 366. The second-order valence-corrected chi connectivity index (χ2v) is 5.57. The molecular formula is C15H22FNO. The Kier molecular flexibility index (Phi) is 4.59. The van der Waals surface area contributed by atoms with E-state index in [1.807, 2.05) is 0 Å². The Morgan fingerprint density at radius 1 is 1.22 bits per heavy atom. The molecule has 1 aliphatic carbocycles. The number of halogens is 1. The number of phenols is 1. The van der Waals surface area contributed by atoms with Gasteiger partial charge < -0.3 is 10.4 Å². The van der Waals surface area contributed by atoms with Gasteiger partial charge in [0.2, 0.25) is 0 Å². The van der Waals surface area contributed by atoms with Crippen LogP contribution < -0.4 is 5.32 Å². The predicted octanol–water partition coefficient (Wildman–Crippen LogP) is 3.45. The summed E-state index contributed by atoms with van der Waals surface area (Å²) in [5.41, 5.74) is 0.802. The minimum atomic E-state index is -0.377. The summed E-state index contributed by atoms with van der Waals surface area (Å²) in [6.07, 6.45) is 5.24. The molecule has 0 spiro atoms. The van der Waals surface area contributed by atoms with Crippen molar-refractivity contribution in [1.29, 1.82) is 0 Å². The van der Waals surface area contributed by atoms with E-state index in [4.69, 9.17) is 0 Å². The maximum atomic E-state index is 13.1. The number of hydrogen-bond donors (Lipinski definition) is 2. The number of phenolic OH excluding ortho intramolecular Hbond substituents is 1. The molecule has 1 fully saturated rings. The van der Waals surface area contributed by atoms with Crippen LogP contribution in [0.3, 0.4) is 0 Å². The van der Waals surface area contributed by atoms with Crippen LogP contribution in [0.2, 0.25) is 0 Å². The molecule has 0 aliphatic heterocycles. The molecule has 0 heterocycles. The van der Waals surface area contributed by atoms with Crippen molar-refractivity contribution < 1.29 is 9.50 Å². The van der Waals surface area contributed by atoms with Gasteiger partial charge in [-0.2, -0.15) is 0 Å². The van der Waals surface area contributed by atoms with Crippen LogP contribution in [0.5, 0.6) is 5.75 Å². The predicted molar refractivity (Wildman–Crippen MR) is 70.9 cm³/mol. The van der Waals surface area contributed by atoms with Crippen molar-refractivity contribution in [2.45, 2.75) is 39.2 Å². The average Bonchev–Trinajstić information content (AvgIpc) is 2.30. The highest BCUT2D eigenvalue weighted by atomic mass is 19.1. The number of rotatable bonds is 4. The van der Waals surface area contributed by atoms with E-state index < -0.39 is 0 Å². The normalized spacial score (nSPS) is 24.1. The van der Waals surface area contributed by atoms with Gasteiger partial charge >= 0.3 is 0 Å². The maximum absolute atomic E-state index is 13.1. The van der Waals surface area contributed by atoms with Crippen LogP contribution >= 0.6 is 0 Å². The SMILES string of the molecule is CC1CCC(CNCc2cc(O)cc(F)c2)CC1. The zero-order valence-corrected chi connectivity index (χ0v) is 11.0. The van der Waals surface area contributed by atoms with E-state index in [0.717, 1.165) is 30.0 Å². The van der Waals surface area contributed by atoms with Crippen molar-refractivity contribution in [2.75, 3.05) is 6.54 Å². The van der Waals surface area contributed by atoms with Gasteiger partial charge in [0.25, 0.3) is 0 Å². The van der Waals surface area contributed by atoms with Crippen molar-refractivity contribution in [3.8, 4) is 5.75 Å². The standard InChI is InChI=1S/C15H22FNO/c1-11-2-4-12(5-3-11)9-17-10-13-6-14(16)8-15(18)7-13/h6-8,11-12,17-18H,2-5,9-10H2,1H3. The molecule has 100 valence electrons. The van der Waals surface area contributed by atoms with Crippen molar-refractivity contribution in [3.63, 3.8) is 0 Å². The third kappa shape index (κ3) is 3.98. The summed E-state index contributed by atoms with van der Waals surface area (Å²) in [6.45, 7) is 3.93. The molecular weight excluding hydrogens is 229 g/mol. The molecule has 0 unspecified atom stereocenters. The molecule has 3 heteroatoms. The van der Waals surface area contributed by atoms with Gasteiger partial charge in [-0.15, -0.1) is 0 Å². The van der Waals surface area contributed by atoms with Crippen LogP contribution in [0.15, 0.2) is 18.2 Å². The second kappa shape index (κ2) is 6.19. The van der Waals surface area contributed by atoms with E-state index >= 15 is 0 Å². The molecule has 0 saturated heterocycles. The Hall–Kier alpha value is -1.09. The van der Waals surface area contributed by atoms with Gasteiger partial charge in [-0.05, 0) is 48.9 Å². The molecule has 18 heavy (non-hydrogen) atoms. The smallest absolute Gasteiger partial charge is 0.127 e. The van der Waals surface area contributed by atoms with Gasteiger partial charge in [-0.25, -0.2) is 4.39 Å². The monoisotopic (exact) mass is 251 g/mol. The van der Waals surface area contributed by atoms with Crippen molar-refractivity contribution in [3.05, 3.63) is 29.6 Å². The Balaban J connectivity index is 1.74. The van der Waals surface area contributed by atoms with Crippen LogP contribution in [0.1, 0.15) is 38.2 Å².